The Balaban J connectivity index is 1.74. The molecule has 0 saturated carbocycles. The molecule has 0 fully saturated rings. The SMILES string of the molecule is Cc1ccc(S(=O)(=O)Nc2ccc(C(=O)OC(C(N)=O)c3ccccc3)cc2)cc1C. The van der Waals surface area contributed by atoms with E-state index in [0.29, 0.717) is 5.56 Å². The van der Waals surface area contributed by atoms with Gasteiger partial charge in [0, 0.05) is 11.3 Å². The second-order valence-electron chi connectivity index (χ2n) is 7.03. The van der Waals surface area contributed by atoms with Gasteiger partial charge in [-0.05, 0) is 61.4 Å². The third-order valence-electron chi connectivity index (χ3n) is 4.75. The number of primary amides is 1. The molecule has 3 rings (SSSR count). The van der Waals surface area contributed by atoms with E-state index in [-0.39, 0.29) is 16.1 Å². The number of amides is 1. The van der Waals surface area contributed by atoms with Crippen LogP contribution < -0.4 is 10.5 Å². The van der Waals surface area contributed by atoms with Crippen LogP contribution in [-0.2, 0) is 19.6 Å². The molecule has 0 aliphatic rings. The maximum absolute atomic E-state index is 12.6. The van der Waals surface area contributed by atoms with Gasteiger partial charge < -0.3 is 10.5 Å². The standard InChI is InChI=1S/C23H22N2O5S/c1-15-8-13-20(14-16(15)2)31(28,29)25-19-11-9-18(10-12-19)23(27)30-21(22(24)26)17-6-4-3-5-7-17/h3-14,21,25H,1-2H3,(H2,24,26). The zero-order chi connectivity index (χ0) is 22.6. The summed E-state index contributed by atoms with van der Waals surface area (Å²) in [5.74, 6) is -1.55. The van der Waals surface area contributed by atoms with Gasteiger partial charge in [-0.25, -0.2) is 13.2 Å². The van der Waals surface area contributed by atoms with Crippen LogP contribution in [0.3, 0.4) is 0 Å². The summed E-state index contributed by atoms with van der Waals surface area (Å²) in [6.45, 7) is 3.74. The molecule has 31 heavy (non-hydrogen) atoms. The van der Waals surface area contributed by atoms with Crippen LogP contribution in [0.5, 0.6) is 0 Å². The van der Waals surface area contributed by atoms with Gasteiger partial charge in [-0.3, -0.25) is 9.52 Å². The first kappa shape index (κ1) is 22.0. The summed E-state index contributed by atoms with van der Waals surface area (Å²) in [6.07, 6.45) is -1.23. The lowest BCUT2D eigenvalue weighted by molar-refractivity contribution is -0.127. The number of aryl methyl sites for hydroxylation is 2. The van der Waals surface area contributed by atoms with Gasteiger partial charge in [0.2, 0.25) is 6.10 Å². The number of benzene rings is 3. The Morgan fingerprint density at radius 1 is 0.903 bits per heavy atom. The van der Waals surface area contributed by atoms with Gasteiger partial charge in [0.25, 0.3) is 15.9 Å². The maximum Gasteiger partial charge on any atom is 0.339 e. The number of nitrogens with two attached hydrogens (primary N) is 1. The van der Waals surface area contributed by atoms with Crippen molar-refractivity contribution in [1.82, 2.24) is 0 Å². The van der Waals surface area contributed by atoms with Crippen molar-refractivity contribution in [2.45, 2.75) is 24.8 Å². The van der Waals surface area contributed by atoms with Crippen molar-refractivity contribution in [3.05, 3.63) is 95.1 Å². The third-order valence-corrected chi connectivity index (χ3v) is 6.13. The topological polar surface area (TPSA) is 116 Å². The van der Waals surface area contributed by atoms with E-state index in [1.54, 1.807) is 42.5 Å². The summed E-state index contributed by atoms with van der Waals surface area (Å²) in [5.41, 5.74) is 8.12. The molecule has 1 unspecified atom stereocenters. The lowest BCUT2D eigenvalue weighted by Gasteiger charge is -2.15. The van der Waals surface area contributed by atoms with E-state index in [2.05, 4.69) is 4.72 Å². The molecule has 160 valence electrons. The molecule has 7 nitrogen and oxygen atoms in total. The molecule has 0 bridgehead atoms. The lowest BCUT2D eigenvalue weighted by Crippen LogP contribution is -2.26. The Hall–Kier alpha value is -3.65. The molecular formula is C23H22N2O5S. The minimum Gasteiger partial charge on any atom is -0.444 e. The summed E-state index contributed by atoms with van der Waals surface area (Å²) in [4.78, 5) is 24.3. The summed E-state index contributed by atoms with van der Waals surface area (Å²) >= 11 is 0. The highest BCUT2D eigenvalue weighted by atomic mass is 32.2. The number of carbonyl (C=O) groups is 2. The van der Waals surface area contributed by atoms with Crippen LogP contribution in [0.2, 0.25) is 0 Å². The highest BCUT2D eigenvalue weighted by Gasteiger charge is 2.23. The second-order valence-corrected chi connectivity index (χ2v) is 8.71. The van der Waals surface area contributed by atoms with Crippen LogP contribution in [0.25, 0.3) is 0 Å². The molecule has 1 atom stereocenters. The summed E-state index contributed by atoms with van der Waals surface area (Å²) in [6, 6.07) is 19.0. The number of carbonyl (C=O) groups excluding carboxylic acids is 2. The predicted molar refractivity (Wildman–Crippen MR) is 117 cm³/mol. The average Bonchev–Trinajstić information content (AvgIpc) is 2.74. The van der Waals surface area contributed by atoms with Crippen LogP contribution in [0, 0.1) is 13.8 Å². The van der Waals surface area contributed by atoms with Gasteiger partial charge in [0.05, 0.1) is 10.5 Å². The summed E-state index contributed by atoms with van der Waals surface area (Å²) in [5, 5.41) is 0. The zero-order valence-corrected chi connectivity index (χ0v) is 17.8. The van der Waals surface area contributed by atoms with Crippen molar-refractivity contribution in [1.29, 1.82) is 0 Å². The van der Waals surface area contributed by atoms with Crippen LogP contribution in [0.15, 0.2) is 77.7 Å². The third kappa shape index (κ3) is 5.29. The maximum atomic E-state index is 12.6. The smallest absolute Gasteiger partial charge is 0.339 e. The Morgan fingerprint density at radius 3 is 2.13 bits per heavy atom. The number of nitrogens with one attached hydrogen (secondary N) is 1. The normalized spacial score (nSPS) is 12.1. The molecule has 3 N–H and O–H groups in total. The fourth-order valence-electron chi connectivity index (χ4n) is 2.86. The molecule has 3 aromatic rings. The molecule has 0 radical (unpaired) electrons. The second kappa shape index (κ2) is 9.01. The highest BCUT2D eigenvalue weighted by Crippen LogP contribution is 2.22. The zero-order valence-electron chi connectivity index (χ0n) is 17.0. The van der Waals surface area contributed by atoms with E-state index in [1.807, 2.05) is 13.8 Å². The number of hydrogen-bond acceptors (Lipinski definition) is 5. The molecule has 8 heteroatoms. The fraction of sp³-hybridized carbons (Fsp3) is 0.130. The number of anilines is 1. The van der Waals surface area contributed by atoms with E-state index in [9.17, 15) is 18.0 Å². The van der Waals surface area contributed by atoms with Gasteiger partial charge in [0.1, 0.15) is 0 Å². The minimum atomic E-state index is -3.78. The molecule has 0 heterocycles. The highest BCUT2D eigenvalue weighted by molar-refractivity contribution is 7.92. The fourth-order valence-corrected chi connectivity index (χ4v) is 4.01. The van der Waals surface area contributed by atoms with E-state index in [4.69, 9.17) is 10.5 Å². The summed E-state index contributed by atoms with van der Waals surface area (Å²) < 4.78 is 33.0. The molecule has 0 spiro atoms. The molecule has 0 aromatic heterocycles. The van der Waals surface area contributed by atoms with Gasteiger partial charge in [-0.1, -0.05) is 36.4 Å². The van der Waals surface area contributed by atoms with Crippen molar-refractivity contribution < 1.29 is 22.7 Å². The van der Waals surface area contributed by atoms with Gasteiger partial charge in [-0.2, -0.15) is 0 Å². The van der Waals surface area contributed by atoms with Crippen LogP contribution in [-0.4, -0.2) is 20.3 Å². The van der Waals surface area contributed by atoms with Crippen molar-refractivity contribution in [3.63, 3.8) is 0 Å². The molecule has 3 aromatic carbocycles. The number of sulfonamides is 1. The molecule has 1 amide bonds. The quantitative estimate of drug-likeness (QED) is 0.548. The first-order valence-electron chi connectivity index (χ1n) is 9.43. The largest absolute Gasteiger partial charge is 0.444 e. The number of rotatable bonds is 7. The number of esters is 1. The Bertz CT molecular complexity index is 1210. The van der Waals surface area contributed by atoms with Crippen LogP contribution in [0.1, 0.15) is 33.2 Å². The van der Waals surface area contributed by atoms with Crippen molar-refractivity contribution in [2.75, 3.05) is 4.72 Å². The minimum absolute atomic E-state index is 0.145. The lowest BCUT2D eigenvalue weighted by atomic mass is 10.1. The number of ether oxygens (including phenoxy) is 1. The van der Waals surface area contributed by atoms with Crippen molar-refractivity contribution in [3.8, 4) is 0 Å². The average molecular weight is 439 g/mol. The molecule has 0 saturated heterocycles. The van der Waals surface area contributed by atoms with Gasteiger partial charge >= 0.3 is 5.97 Å². The first-order chi connectivity index (χ1) is 14.7. The predicted octanol–water partition coefficient (Wildman–Crippen LogP) is 3.49. The molecule has 0 aliphatic heterocycles. The first-order valence-corrected chi connectivity index (χ1v) is 10.9. The van der Waals surface area contributed by atoms with Crippen molar-refractivity contribution >= 4 is 27.6 Å². The van der Waals surface area contributed by atoms with Gasteiger partial charge in [0.15, 0.2) is 0 Å². The number of hydrogen-bond donors (Lipinski definition) is 2. The Kier molecular flexibility index (Phi) is 6.41. The van der Waals surface area contributed by atoms with E-state index in [1.165, 1.54) is 30.3 Å². The van der Waals surface area contributed by atoms with Crippen molar-refractivity contribution in [2.24, 2.45) is 5.73 Å². The van der Waals surface area contributed by atoms with E-state index >= 15 is 0 Å². The molecular weight excluding hydrogens is 416 g/mol. The monoisotopic (exact) mass is 438 g/mol. The van der Waals surface area contributed by atoms with E-state index < -0.39 is 28.0 Å². The van der Waals surface area contributed by atoms with E-state index in [0.717, 1.165) is 11.1 Å². The molecule has 0 aliphatic carbocycles. The summed E-state index contributed by atoms with van der Waals surface area (Å²) in [7, 11) is -3.78. The van der Waals surface area contributed by atoms with Crippen LogP contribution >= 0.6 is 0 Å². The van der Waals surface area contributed by atoms with Crippen LogP contribution in [0.4, 0.5) is 5.69 Å². The Morgan fingerprint density at radius 2 is 1.55 bits per heavy atom. The van der Waals surface area contributed by atoms with Gasteiger partial charge in [-0.15, -0.1) is 0 Å². The Labute approximate surface area is 180 Å².